The van der Waals surface area contributed by atoms with Gasteiger partial charge < -0.3 is 15.7 Å². The van der Waals surface area contributed by atoms with Crippen molar-refractivity contribution in [1.82, 2.24) is 15.1 Å². The van der Waals surface area contributed by atoms with Gasteiger partial charge in [-0.05, 0) is 49.1 Å². The number of nitrogens with one attached hydrogen (secondary N) is 2. The van der Waals surface area contributed by atoms with Gasteiger partial charge in [0.15, 0.2) is 0 Å². The van der Waals surface area contributed by atoms with Crippen molar-refractivity contribution >= 4 is 17.5 Å². The second-order valence-corrected chi connectivity index (χ2v) is 7.46. The van der Waals surface area contributed by atoms with E-state index in [2.05, 4.69) is 15.7 Å². The molecule has 1 aromatic heterocycles. The third-order valence-corrected chi connectivity index (χ3v) is 5.59. The van der Waals surface area contributed by atoms with Crippen LogP contribution in [-0.2, 0) is 9.59 Å². The summed E-state index contributed by atoms with van der Waals surface area (Å²) in [6.07, 6.45) is 9.49. The van der Waals surface area contributed by atoms with Gasteiger partial charge in [0.25, 0.3) is 11.8 Å². The number of carbonyl (C=O) groups is 2. The fourth-order valence-corrected chi connectivity index (χ4v) is 4.10. The highest BCUT2D eigenvalue weighted by molar-refractivity contribution is 6.23. The molecule has 1 saturated carbocycles. The number of hydrogen-bond acceptors (Lipinski definition) is 4. The lowest BCUT2D eigenvalue weighted by atomic mass is 9.81. The van der Waals surface area contributed by atoms with E-state index in [9.17, 15) is 14.7 Å². The van der Waals surface area contributed by atoms with E-state index in [1.807, 2.05) is 24.4 Å². The third-order valence-electron chi connectivity index (χ3n) is 5.59. The van der Waals surface area contributed by atoms with Crippen molar-refractivity contribution in [2.24, 2.45) is 5.92 Å². The first kappa shape index (κ1) is 18.3. The summed E-state index contributed by atoms with van der Waals surface area (Å²) < 4.78 is 1.71. The van der Waals surface area contributed by atoms with Crippen LogP contribution in [0.25, 0.3) is 5.69 Å². The monoisotopic (exact) mass is 380 g/mol. The Hall–Kier alpha value is -3.09. The Morgan fingerprint density at radius 1 is 1.18 bits per heavy atom. The smallest absolute Gasteiger partial charge is 0.264 e. The van der Waals surface area contributed by atoms with Crippen LogP contribution >= 0.6 is 0 Å². The molecule has 7 heteroatoms. The highest BCUT2D eigenvalue weighted by atomic mass is 16.3. The molecule has 1 aliphatic heterocycles. The molecule has 1 atom stereocenters. The first-order valence-corrected chi connectivity index (χ1v) is 9.76. The Labute approximate surface area is 163 Å². The van der Waals surface area contributed by atoms with Crippen LogP contribution in [0.5, 0.6) is 0 Å². The summed E-state index contributed by atoms with van der Waals surface area (Å²) in [4.78, 5) is 25.1. The molecule has 1 unspecified atom stereocenters. The molecule has 28 heavy (non-hydrogen) atoms. The largest absolute Gasteiger partial charge is 0.511 e. The number of amides is 2. The number of aromatic nitrogens is 2. The summed E-state index contributed by atoms with van der Waals surface area (Å²) >= 11 is 0. The lowest BCUT2D eigenvalue weighted by molar-refractivity contribution is -0.123. The standard InChI is InChI=1S/C21H24N4O3/c26-18-13-17(14-5-2-1-3-6-14)24-21(28)19(18)20(27)23-15-7-9-16(10-8-15)25-12-4-11-22-25/h4,7-12,14,17,26H,1-3,5-6,13H2,(H,23,27)(H,24,28). The van der Waals surface area contributed by atoms with Crippen molar-refractivity contribution in [2.75, 3.05) is 5.32 Å². The van der Waals surface area contributed by atoms with Gasteiger partial charge in [-0.25, -0.2) is 4.68 Å². The molecule has 2 aromatic rings. The van der Waals surface area contributed by atoms with Gasteiger partial charge in [0, 0.05) is 30.5 Å². The molecule has 146 valence electrons. The normalized spacial score (nSPS) is 20.7. The maximum atomic E-state index is 12.6. The van der Waals surface area contributed by atoms with Gasteiger partial charge in [0.2, 0.25) is 0 Å². The van der Waals surface area contributed by atoms with Gasteiger partial charge in [-0.1, -0.05) is 19.3 Å². The zero-order valence-corrected chi connectivity index (χ0v) is 15.6. The van der Waals surface area contributed by atoms with Crippen LogP contribution < -0.4 is 10.6 Å². The van der Waals surface area contributed by atoms with E-state index in [-0.39, 0.29) is 17.4 Å². The van der Waals surface area contributed by atoms with Gasteiger partial charge in [0.1, 0.15) is 11.3 Å². The summed E-state index contributed by atoms with van der Waals surface area (Å²) in [5, 5.41) is 20.2. The number of aliphatic hydroxyl groups is 1. The van der Waals surface area contributed by atoms with Gasteiger partial charge in [-0.15, -0.1) is 0 Å². The predicted molar refractivity (Wildman–Crippen MR) is 105 cm³/mol. The van der Waals surface area contributed by atoms with Gasteiger partial charge in [-0.2, -0.15) is 5.10 Å². The van der Waals surface area contributed by atoms with Crippen LogP contribution in [0.15, 0.2) is 54.1 Å². The molecular formula is C21H24N4O3. The van der Waals surface area contributed by atoms with Crippen LogP contribution in [0, 0.1) is 5.92 Å². The quantitative estimate of drug-likeness (QED) is 0.710. The Morgan fingerprint density at radius 3 is 2.57 bits per heavy atom. The molecule has 3 N–H and O–H groups in total. The Kier molecular flexibility index (Phi) is 5.14. The highest BCUT2D eigenvalue weighted by Gasteiger charge is 2.35. The predicted octanol–water partition coefficient (Wildman–Crippen LogP) is 3.09. The van der Waals surface area contributed by atoms with Gasteiger partial charge in [0.05, 0.1) is 5.69 Å². The second-order valence-electron chi connectivity index (χ2n) is 7.46. The number of benzene rings is 1. The molecule has 0 saturated heterocycles. The van der Waals surface area contributed by atoms with Crippen LogP contribution in [0.1, 0.15) is 38.5 Å². The molecule has 1 fully saturated rings. The molecule has 0 spiro atoms. The molecule has 0 radical (unpaired) electrons. The number of rotatable bonds is 4. The van der Waals surface area contributed by atoms with Crippen molar-refractivity contribution in [2.45, 2.75) is 44.6 Å². The minimum Gasteiger partial charge on any atom is -0.511 e. The fourth-order valence-electron chi connectivity index (χ4n) is 4.10. The van der Waals surface area contributed by atoms with Crippen molar-refractivity contribution < 1.29 is 14.7 Å². The lowest BCUT2D eigenvalue weighted by Gasteiger charge is -2.33. The van der Waals surface area contributed by atoms with Crippen LogP contribution in [-0.4, -0.2) is 32.7 Å². The highest BCUT2D eigenvalue weighted by Crippen LogP contribution is 2.31. The maximum Gasteiger partial charge on any atom is 0.264 e. The summed E-state index contributed by atoms with van der Waals surface area (Å²) in [5.41, 5.74) is 1.21. The molecule has 4 rings (SSSR count). The van der Waals surface area contributed by atoms with E-state index in [4.69, 9.17) is 0 Å². The average Bonchev–Trinajstić information content (AvgIpc) is 3.23. The molecule has 2 amide bonds. The van der Waals surface area contributed by atoms with E-state index in [0.29, 0.717) is 18.0 Å². The number of carbonyl (C=O) groups excluding carboxylic acids is 2. The number of nitrogens with zero attached hydrogens (tertiary/aromatic N) is 2. The molecule has 0 bridgehead atoms. The number of anilines is 1. The Balaban J connectivity index is 1.44. The van der Waals surface area contributed by atoms with Crippen molar-refractivity contribution in [3.63, 3.8) is 0 Å². The molecule has 1 aromatic carbocycles. The summed E-state index contributed by atoms with van der Waals surface area (Å²) in [7, 11) is 0. The molecular weight excluding hydrogens is 356 g/mol. The van der Waals surface area contributed by atoms with Crippen LogP contribution in [0.2, 0.25) is 0 Å². The third kappa shape index (κ3) is 3.78. The van der Waals surface area contributed by atoms with E-state index in [0.717, 1.165) is 31.4 Å². The number of aliphatic hydroxyl groups excluding tert-OH is 1. The van der Waals surface area contributed by atoms with Gasteiger partial charge >= 0.3 is 0 Å². The zero-order chi connectivity index (χ0) is 19.5. The Morgan fingerprint density at radius 2 is 1.93 bits per heavy atom. The molecule has 2 aliphatic rings. The van der Waals surface area contributed by atoms with Crippen molar-refractivity contribution in [3.8, 4) is 5.69 Å². The van der Waals surface area contributed by atoms with E-state index in [1.54, 1.807) is 23.0 Å². The minimum atomic E-state index is -0.594. The van der Waals surface area contributed by atoms with E-state index >= 15 is 0 Å². The zero-order valence-electron chi connectivity index (χ0n) is 15.6. The van der Waals surface area contributed by atoms with E-state index < -0.39 is 11.8 Å². The summed E-state index contributed by atoms with van der Waals surface area (Å²) in [6.45, 7) is 0. The molecule has 2 heterocycles. The fraction of sp³-hybridized carbons (Fsp3) is 0.381. The summed E-state index contributed by atoms with van der Waals surface area (Å²) in [5.74, 6) is -0.835. The van der Waals surface area contributed by atoms with Crippen molar-refractivity contribution in [1.29, 1.82) is 0 Å². The second kappa shape index (κ2) is 7.88. The van der Waals surface area contributed by atoms with Crippen LogP contribution in [0.3, 0.4) is 0 Å². The van der Waals surface area contributed by atoms with Crippen molar-refractivity contribution in [3.05, 3.63) is 54.1 Å². The first-order valence-electron chi connectivity index (χ1n) is 9.76. The van der Waals surface area contributed by atoms with Gasteiger partial charge in [-0.3, -0.25) is 9.59 Å². The molecule has 1 aliphatic carbocycles. The van der Waals surface area contributed by atoms with Crippen LogP contribution in [0.4, 0.5) is 5.69 Å². The van der Waals surface area contributed by atoms with E-state index in [1.165, 1.54) is 6.42 Å². The number of hydrogen-bond donors (Lipinski definition) is 3. The molecule has 7 nitrogen and oxygen atoms in total. The lowest BCUT2D eigenvalue weighted by Crippen LogP contribution is -2.47. The minimum absolute atomic E-state index is 0.0855. The SMILES string of the molecule is O=C(Nc1ccc(-n2cccn2)cc1)C1=C(O)CC(C2CCCCC2)NC1=O. The maximum absolute atomic E-state index is 12.6. The summed E-state index contributed by atoms with van der Waals surface area (Å²) in [6, 6.07) is 8.84. The average molecular weight is 380 g/mol. The first-order chi connectivity index (χ1) is 13.6. The Bertz CT molecular complexity index is 881. The topological polar surface area (TPSA) is 96.2 Å².